The summed E-state index contributed by atoms with van der Waals surface area (Å²) in [4.78, 5) is 0. The van der Waals surface area contributed by atoms with Gasteiger partial charge in [-0.1, -0.05) is 20.8 Å². The van der Waals surface area contributed by atoms with Crippen molar-refractivity contribution in [2.45, 2.75) is 57.8 Å². The molecule has 0 aromatic carbocycles. The number of rotatable bonds is 6. The molecule has 4 N–H and O–H groups in total. The van der Waals surface area contributed by atoms with Crippen molar-refractivity contribution in [1.29, 1.82) is 0 Å². The summed E-state index contributed by atoms with van der Waals surface area (Å²) in [5, 5.41) is 0.264. The van der Waals surface area contributed by atoms with Crippen molar-refractivity contribution in [2.75, 3.05) is 13.2 Å². The molecule has 0 saturated carbocycles. The first-order valence-electron chi connectivity index (χ1n) is 5.80. The van der Waals surface area contributed by atoms with E-state index in [9.17, 15) is 0 Å². The van der Waals surface area contributed by atoms with Crippen LogP contribution >= 0.6 is 0 Å². The van der Waals surface area contributed by atoms with E-state index in [-0.39, 0.29) is 11.1 Å². The Morgan fingerprint density at radius 2 is 1.80 bits per heavy atom. The van der Waals surface area contributed by atoms with Gasteiger partial charge in [-0.2, -0.15) is 0 Å². The average Bonchev–Trinajstić information content (AvgIpc) is 2.09. The molecule has 0 spiro atoms. The van der Waals surface area contributed by atoms with Gasteiger partial charge in [0.1, 0.15) is 0 Å². The van der Waals surface area contributed by atoms with E-state index in [1.165, 1.54) is 0 Å². The van der Waals surface area contributed by atoms with E-state index in [1.807, 2.05) is 0 Å². The zero-order valence-corrected chi connectivity index (χ0v) is 12.0. The third kappa shape index (κ3) is 5.66. The molecular weight excluding hydrogens is 204 g/mol. The van der Waals surface area contributed by atoms with Crippen molar-refractivity contribution in [3.8, 4) is 0 Å². The van der Waals surface area contributed by atoms with Crippen LogP contribution in [0, 0.1) is 0 Å². The zero-order chi connectivity index (χ0) is 12.1. The molecule has 92 valence electrons. The topological polar surface area (TPSA) is 61.3 Å². The standard InChI is InChI=1S/C11H28N2OSi/c1-11(2,3)15(4,5)14-9-10(13)7-6-8-12/h10H,6-9,12-13H2,1-5H3/t10-/m0/s1. The largest absolute Gasteiger partial charge is 0.415 e. The van der Waals surface area contributed by atoms with Crippen LogP contribution in [-0.2, 0) is 4.43 Å². The summed E-state index contributed by atoms with van der Waals surface area (Å²) in [6, 6.07) is 0.141. The van der Waals surface area contributed by atoms with Gasteiger partial charge in [0, 0.05) is 12.6 Å². The van der Waals surface area contributed by atoms with E-state index in [1.54, 1.807) is 0 Å². The third-order valence-corrected chi connectivity index (χ3v) is 7.74. The lowest BCUT2D eigenvalue weighted by Gasteiger charge is -2.36. The first-order chi connectivity index (χ1) is 6.70. The van der Waals surface area contributed by atoms with Crippen LogP contribution in [0.5, 0.6) is 0 Å². The lowest BCUT2D eigenvalue weighted by Crippen LogP contribution is -2.44. The fourth-order valence-electron chi connectivity index (χ4n) is 0.995. The van der Waals surface area contributed by atoms with E-state index < -0.39 is 8.32 Å². The minimum Gasteiger partial charge on any atom is -0.415 e. The lowest BCUT2D eigenvalue weighted by atomic mass is 10.2. The van der Waals surface area contributed by atoms with E-state index in [0.717, 1.165) is 12.8 Å². The first-order valence-corrected chi connectivity index (χ1v) is 8.71. The van der Waals surface area contributed by atoms with E-state index >= 15 is 0 Å². The Labute approximate surface area is 95.7 Å². The number of hydrogen-bond donors (Lipinski definition) is 2. The van der Waals surface area contributed by atoms with E-state index in [2.05, 4.69) is 33.9 Å². The van der Waals surface area contributed by atoms with Gasteiger partial charge in [0.2, 0.25) is 0 Å². The second kappa shape index (κ2) is 5.99. The highest BCUT2D eigenvalue weighted by atomic mass is 28.4. The fraction of sp³-hybridized carbons (Fsp3) is 1.00. The Balaban J connectivity index is 3.93. The second-order valence-corrected chi connectivity index (χ2v) is 10.6. The maximum atomic E-state index is 6.03. The summed E-state index contributed by atoms with van der Waals surface area (Å²) in [6.07, 6.45) is 1.95. The van der Waals surface area contributed by atoms with Crippen molar-refractivity contribution in [3.05, 3.63) is 0 Å². The maximum absolute atomic E-state index is 6.03. The van der Waals surface area contributed by atoms with Gasteiger partial charge in [0.25, 0.3) is 0 Å². The maximum Gasteiger partial charge on any atom is 0.192 e. The number of nitrogens with two attached hydrogens (primary N) is 2. The average molecular weight is 232 g/mol. The van der Waals surface area contributed by atoms with Crippen molar-refractivity contribution in [2.24, 2.45) is 11.5 Å². The Bertz CT molecular complexity index is 178. The van der Waals surface area contributed by atoms with Gasteiger partial charge in [-0.15, -0.1) is 0 Å². The van der Waals surface area contributed by atoms with Crippen LogP contribution < -0.4 is 11.5 Å². The van der Waals surface area contributed by atoms with Gasteiger partial charge in [0.05, 0.1) is 0 Å². The molecule has 0 rings (SSSR count). The van der Waals surface area contributed by atoms with E-state index in [0.29, 0.717) is 13.2 Å². The van der Waals surface area contributed by atoms with Gasteiger partial charge in [0.15, 0.2) is 8.32 Å². The molecule has 0 aliphatic carbocycles. The summed E-state index contributed by atoms with van der Waals surface area (Å²) in [7, 11) is -1.62. The molecule has 1 atom stereocenters. The summed E-state index contributed by atoms with van der Waals surface area (Å²) >= 11 is 0. The summed E-state index contributed by atoms with van der Waals surface area (Å²) in [6.45, 7) is 12.6. The predicted molar refractivity (Wildman–Crippen MR) is 69.4 cm³/mol. The van der Waals surface area contributed by atoms with Gasteiger partial charge < -0.3 is 15.9 Å². The molecule has 4 heteroatoms. The number of hydrogen-bond acceptors (Lipinski definition) is 3. The first kappa shape index (κ1) is 15.1. The third-order valence-electron chi connectivity index (χ3n) is 3.24. The van der Waals surface area contributed by atoms with Crippen LogP contribution in [0.2, 0.25) is 18.1 Å². The van der Waals surface area contributed by atoms with Crippen molar-refractivity contribution in [1.82, 2.24) is 0 Å². The highest BCUT2D eigenvalue weighted by Gasteiger charge is 2.37. The fourth-order valence-corrected chi connectivity index (χ4v) is 2.06. The molecule has 15 heavy (non-hydrogen) atoms. The quantitative estimate of drug-likeness (QED) is 0.689. The van der Waals surface area contributed by atoms with Gasteiger partial charge in [-0.25, -0.2) is 0 Å². The Morgan fingerprint density at radius 1 is 1.27 bits per heavy atom. The van der Waals surface area contributed by atoms with E-state index in [4.69, 9.17) is 15.9 Å². The molecule has 0 aromatic heterocycles. The van der Waals surface area contributed by atoms with Crippen LogP contribution in [0.1, 0.15) is 33.6 Å². The molecule has 0 unspecified atom stereocenters. The molecule has 3 nitrogen and oxygen atoms in total. The Kier molecular flexibility index (Phi) is 6.03. The zero-order valence-electron chi connectivity index (χ0n) is 11.0. The molecule has 0 aromatic rings. The lowest BCUT2D eigenvalue weighted by molar-refractivity contribution is 0.256. The molecule has 0 bridgehead atoms. The minimum atomic E-state index is -1.62. The molecular formula is C11H28N2OSi. The molecule has 0 heterocycles. The molecule has 0 aliphatic rings. The second-order valence-electron chi connectivity index (χ2n) is 5.76. The van der Waals surface area contributed by atoms with Crippen molar-refractivity contribution < 1.29 is 4.43 Å². The summed E-state index contributed by atoms with van der Waals surface area (Å²) < 4.78 is 6.03. The minimum absolute atomic E-state index is 0.141. The molecule has 0 aliphatic heterocycles. The highest BCUT2D eigenvalue weighted by Crippen LogP contribution is 2.36. The monoisotopic (exact) mass is 232 g/mol. The molecule has 0 radical (unpaired) electrons. The molecule has 0 fully saturated rings. The van der Waals surface area contributed by atoms with Crippen molar-refractivity contribution >= 4 is 8.32 Å². The van der Waals surface area contributed by atoms with Crippen LogP contribution in [0.3, 0.4) is 0 Å². The Morgan fingerprint density at radius 3 is 2.20 bits per heavy atom. The molecule has 0 saturated heterocycles. The smallest absolute Gasteiger partial charge is 0.192 e. The van der Waals surface area contributed by atoms with Gasteiger partial charge in [-0.05, 0) is 37.5 Å². The van der Waals surface area contributed by atoms with Gasteiger partial charge >= 0.3 is 0 Å². The summed E-state index contributed by atoms with van der Waals surface area (Å²) in [5.74, 6) is 0. The van der Waals surface area contributed by atoms with Crippen molar-refractivity contribution in [3.63, 3.8) is 0 Å². The highest BCUT2D eigenvalue weighted by molar-refractivity contribution is 6.74. The van der Waals surface area contributed by atoms with Crippen LogP contribution in [0.25, 0.3) is 0 Å². The Hall–Kier alpha value is 0.0969. The molecule has 0 amide bonds. The summed E-state index contributed by atoms with van der Waals surface area (Å²) in [5.41, 5.74) is 11.4. The van der Waals surface area contributed by atoms with Crippen LogP contribution in [0.4, 0.5) is 0 Å². The predicted octanol–water partition coefficient (Wildman–Crippen LogP) is 2.07. The van der Waals surface area contributed by atoms with Gasteiger partial charge in [-0.3, -0.25) is 0 Å². The SMILES string of the molecule is CC(C)(C)[Si](C)(C)OC[C@@H](N)CCCN. The van der Waals surface area contributed by atoms with Crippen LogP contribution in [0.15, 0.2) is 0 Å². The van der Waals surface area contributed by atoms with Crippen LogP contribution in [-0.4, -0.2) is 27.5 Å². The normalized spacial score (nSPS) is 15.4.